The maximum atomic E-state index is 13.7. The first-order valence-electron chi connectivity index (χ1n) is 12.0. The number of nitrogens with one attached hydrogen (secondary N) is 2. The Morgan fingerprint density at radius 1 is 0.975 bits per heavy atom. The van der Waals surface area contributed by atoms with E-state index in [0.717, 1.165) is 11.8 Å². The molecule has 0 spiro atoms. The third-order valence-electron chi connectivity index (χ3n) is 6.00. The second-order valence-electron chi connectivity index (χ2n) is 8.95. The number of para-hydroxylation sites is 1. The van der Waals surface area contributed by atoms with Gasteiger partial charge in [0.15, 0.2) is 5.78 Å². The molecular weight excluding hydrogens is 597 g/mol. The van der Waals surface area contributed by atoms with Crippen molar-refractivity contribution in [2.24, 2.45) is 4.99 Å². The SMILES string of the molecule is CC(=O)[C@H](CC(=O)O)NC(=O)CN1C(=O)C(CC(=O)[C@@H]([NH-])CC(=O)O)N=C(c2ccccc2)c2ccccc21.[Y]. The first kappa shape index (κ1) is 32.6. The van der Waals surface area contributed by atoms with E-state index in [1.165, 1.54) is 0 Å². The molecule has 2 amide bonds. The number of nitrogens with zero attached hydrogens (tertiary/aromatic N) is 2. The van der Waals surface area contributed by atoms with Gasteiger partial charge < -0.3 is 31.0 Å². The van der Waals surface area contributed by atoms with Crippen LogP contribution in [0.2, 0.25) is 0 Å². The summed E-state index contributed by atoms with van der Waals surface area (Å²) in [4.78, 5) is 79.0. The predicted molar refractivity (Wildman–Crippen MR) is 140 cm³/mol. The van der Waals surface area contributed by atoms with E-state index < -0.39 is 79.3 Å². The minimum atomic E-state index is -1.61. The van der Waals surface area contributed by atoms with Crippen molar-refractivity contribution in [1.82, 2.24) is 5.32 Å². The van der Waals surface area contributed by atoms with Crippen molar-refractivity contribution in [2.45, 2.75) is 44.3 Å². The Balaban J connectivity index is 0.00000560. The monoisotopic (exact) mass is 624 g/mol. The van der Waals surface area contributed by atoms with Crippen LogP contribution in [0.3, 0.4) is 0 Å². The number of carboxylic acid groups (broad SMARTS) is 2. The zero-order valence-electron chi connectivity index (χ0n) is 21.6. The van der Waals surface area contributed by atoms with Gasteiger partial charge >= 0.3 is 11.9 Å². The molecule has 1 aliphatic rings. The zero-order chi connectivity index (χ0) is 28.7. The van der Waals surface area contributed by atoms with Crippen LogP contribution in [0.1, 0.15) is 37.3 Å². The summed E-state index contributed by atoms with van der Waals surface area (Å²) in [6, 6.07) is 11.1. The van der Waals surface area contributed by atoms with E-state index >= 15 is 0 Å². The number of hydrogen-bond acceptors (Lipinski definition) is 7. The molecule has 1 aliphatic heterocycles. The maximum Gasteiger partial charge on any atom is 0.305 e. The number of aliphatic carboxylic acids is 2. The smallest absolute Gasteiger partial charge is 0.305 e. The van der Waals surface area contributed by atoms with Gasteiger partial charge in [0.05, 0.1) is 23.9 Å². The molecule has 1 heterocycles. The molecule has 13 heteroatoms. The molecular formula is C27H27N4O8Y-. The van der Waals surface area contributed by atoms with Gasteiger partial charge in [-0.1, -0.05) is 54.6 Å². The summed E-state index contributed by atoms with van der Waals surface area (Å²) in [7, 11) is 0. The molecule has 1 unspecified atom stereocenters. The van der Waals surface area contributed by atoms with Crippen molar-refractivity contribution in [3.63, 3.8) is 0 Å². The average molecular weight is 624 g/mol. The molecule has 1 radical (unpaired) electrons. The molecule has 2 aromatic rings. The Labute approximate surface area is 254 Å². The number of rotatable bonds is 12. The predicted octanol–water partition coefficient (Wildman–Crippen LogP) is 1.64. The molecule has 207 valence electrons. The summed E-state index contributed by atoms with van der Waals surface area (Å²) in [6.45, 7) is 0.525. The van der Waals surface area contributed by atoms with Gasteiger partial charge in [0.25, 0.3) is 5.91 Å². The molecule has 0 aromatic heterocycles. The van der Waals surface area contributed by atoms with Crippen LogP contribution in [0.25, 0.3) is 5.73 Å². The Hall–Kier alpha value is -3.61. The van der Waals surface area contributed by atoms with Gasteiger partial charge in [0.2, 0.25) is 5.91 Å². The number of Topliss-reactive ketones (excluding diaryl/α,β-unsaturated/α-hetero) is 2. The number of benzene rings is 2. The van der Waals surface area contributed by atoms with Crippen molar-refractivity contribution in [1.29, 1.82) is 0 Å². The van der Waals surface area contributed by atoms with Gasteiger partial charge in [-0.15, -0.1) is 0 Å². The van der Waals surface area contributed by atoms with Crippen molar-refractivity contribution in [2.75, 3.05) is 11.4 Å². The summed E-state index contributed by atoms with van der Waals surface area (Å²) >= 11 is 0. The van der Waals surface area contributed by atoms with Crippen molar-refractivity contribution in [3.8, 4) is 0 Å². The van der Waals surface area contributed by atoms with Crippen LogP contribution in [0, 0.1) is 0 Å². The van der Waals surface area contributed by atoms with E-state index in [1.54, 1.807) is 54.6 Å². The van der Waals surface area contributed by atoms with E-state index in [4.69, 9.17) is 15.9 Å². The Kier molecular flexibility index (Phi) is 12.0. The molecule has 0 bridgehead atoms. The summed E-state index contributed by atoms with van der Waals surface area (Å²) in [5.74, 6) is -5.57. The van der Waals surface area contributed by atoms with Crippen LogP contribution in [0.5, 0.6) is 0 Å². The Morgan fingerprint density at radius 2 is 1.57 bits per heavy atom. The number of ketones is 2. The van der Waals surface area contributed by atoms with E-state index in [-0.39, 0.29) is 32.7 Å². The molecule has 0 aliphatic carbocycles. The van der Waals surface area contributed by atoms with Gasteiger partial charge in [0.1, 0.15) is 18.4 Å². The number of anilines is 1. The molecule has 3 rings (SSSR count). The molecule has 3 atom stereocenters. The zero-order valence-corrected chi connectivity index (χ0v) is 24.4. The number of benzodiazepines with no additional fused rings is 1. The molecule has 4 N–H and O–H groups in total. The molecule has 0 fully saturated rings. The van der Waals surface area contributed by atoms with Crippen LogP contribution >= 0.6 is 0 Å². The van der Waals surface area contributed by atoms with E-state index in [2.05, 4.69) is 10.3 Å². The number of fused-ring (bicyclic) bond motifs is 1. The fourth-order valence-electron chi connectivity index (χ4n) is 4.09. The minimum Gasteiger partial charge on any atom is -0.668 e. The number of carboxylic acids is 2. The van der Waals surface area contributed by atoms with Crippen LogP contribution in [0.15, 0.2) is 59.6 Å². The molecule has 0 saturated carbocycles. The quantitative estimate of drug-likeness (QED) is 0.317. The largest absolute Gasteiger partial charge is 0.668 e. The maximum absolute atomic E-state index is 13.7. The third-order valence-corrected chi connectivity index (χ3v) is 6.00. The van der Waals surface area contributed by atoms with Gasteiger partial charge in [-0.05, 0) is 13.0 Å². The van der Waals surface area contributed by atoms with Gasteiger partial charge in [-0.25, -0.2) is 0 Å². The number of carbonyl (C=O) groups excluding carboxylic acids is 4. The number of carbonyl (C=O) groups is 6. The van der Waals surface area contributed by atoms with Gasteiger partial charge in [-0.2, -0.15) is 0 Å². The molecule has 40 heavy (non-hydrogen) atoms. The van der Waals surface area contributed by atoms with Crippen molar-refractivity contribution >= 4 is 46.7 Å². The van der Waals surface area contributed by atoms with Crippen LogP contribution in [0.4, 0.5) is 5.69 Å². The van der Waals surface area contributed by atoms with E-state index in [0.29, 0.717) is 22.5 Å². The number of amides is 2. The Morgan fingerprint density at radius 3 is 2.17 bits per heavy atom. The van der Waals surface area contributed by atoms with Crippen molar-refractivity contribution in [3.05, 3.63) is 71.5 Å². The van der Waals surface area contributed by atoms with Gasteiger partial charge in [-0.3, -0.25) is 29.0 Å². The van der Waals surface area contributed by atoms with E-state index in [1.807, 2.05) is 0 Å². The van der Waals surface area contributed by atoms with Crippen LogP contribution in [-0.2, 0) is 61.5 Å². The third kappa shape index (κ3) is 8.44. The summed E-state index contributed by atoms with van der Waals surface area (Å²) in [5, 5.41) is 20.4. The summed E-state index contributed by atoms with van der Waals surface area (Å²) in [5.41, 5.74) is 9.62. The number of hydrogen-bond donors (Lipinski definition) is 3. The van der Waals surface area contributed by atoms with Crippen LogP contribution < -0.4 is 10.2 Å². The van der Waals surface area contributed by atoms with Gasteiger partial charge in [0, 0.05) is 56.7 Å². The van der Waals surface area contributed by atoms with Crippen LogP contribution in [-0.4, -0.2) is 75.9 Å². The first-order valence-corrected chi connectivity index (χ1v) is 12.0. The summed E-state index contributed by atoms with van der Waals surface area (Å²) in [6.07, 6.45) is -1.95. The topological polar surface area (TPSA) is 194 Å². The average Bonchev–Trinajstić information content (AvgIpc) is 2.98. The second-order valence-corrected chi connectivity index (χ2v) is 8.95. The summed E-state index contributed by atoms with van der Waals surface area (Å²) < 4.78 is 0. The standard InChI is InChI=1S/C27H27N4O8.Y/c1-15(32)19(13-25(37)38)29-23(34)14-31-21-10-6-5-9-17(21)26(16-7-3-2-4-8-16)30-20(27(31)39)12-22(33)18(28)11-24(35)36;/h2-10,18-20,28H,11-14H2,1H3,(H,29,34)(H,35,36)(H,37,38);/q-1;/t18-,19-,20?;/m0./s1. The minimum absolute atomic E-state index is 0. The Bertz CT molecular complexity index is 1330. The van der Waals surface area contributed by atoms with E-state index in [9.17, 15) is 28.8 Å². The molecule has 12 nitrogen and oxygen atoms in total. The number of aliphatic imine (C=N–C) groups is 1. The molecule has 2 aromatic carbocycles. The fraction of sp³-hybridized carbons (Fsp3) is 0.296. The molecule has 0 saturated heterocycles. The van der Waals surface area contributed by atoms with Crippen molar-refractivity contribution < 1.29 is 71.7 Å². The normalized spacial score (nSPS) is 15.8. The second kappa shape index (κ2) is 14.7. The first-order chi connectivity index (χ1) is 18.5. The fourth-order valence-corrected chi connectivity index (χ4v) is 4.09.